The third-order valence-corrected chi connectivity index (χ3v) is 2.09. The highest BCUT2D eigenvalue weighted by Crippen LogP contribution is 2.34. The first-order valence-corrected chi connectivity index (χ1v) is 4.83. The first-order valence-electron chi connectivity index (χ1n) is 4.83. The van der Waals surface area contributed by atoms with Crippen molar-refractivity contribution in [2.75, 3.05) is 5.32 Å². The van der Waals surface area contributed by atoms with E-state index in [4.69, 9.17) is 0 Å². The molecular weight excluding hydrogens is 229 g/mol. The number of nitrogens with one attached hydrogen (secondary N) is 1. The van der Waals surface area contributed by atoms with Crippen LogP contribution in [0.3, 0.4) is 0 Å². The maximum absolute atomic E-state index is 12.7. The number of alkyl halides is 3. The van der Waals surface area contributed by atoms with Crippen LogP contribution >= 0.6 is 0 Å². The average molecular weight is 237 g/mol. The molecule has 0 aliphatic rings. The van der Waals surface area contributed by atoms with Gasteiger partial charge in [-0.15, -0.1) is 0 Å². The molecule has 0 aliphatic heterocycles. The van der Waals surface area contributed by atoms with Crippen molar-refractivity contribution in [2.45, 2.75) is 6.18 Å². The van der Waals surface area contributed by atoms with Crippen LogP contribution < -0.4 is 5.32 Å². The Bertz CT molecular complexity index is 495. The highest BCUT2D eigenvalue weighted by Gasteiger charge is 2.34. The summed E-state index contributed by atoms with van der Waals surface area (Å²) < 4.78 is 38.0. The molecule has 0 aliphatic carbocycles. The van der Waals surface area contributed by atoms with E-state index in [1.54, 1.807) is 24.3 Å². The van der Waals surface area contributed by atoms with E-state index >= 15 is 0 Å². The van der Waals surface area contributed by atoms with Crippen LogP contribution in [0.2, 0.25) is 0 Å². The molecule has 0 spiro atoms. The van der Waals surface area contributed by atoms with Gasteiger partial charge >= 0.3 is 6.18 Å². The van der Waals surface area contributed by atoms with Gasteiger partial charge in [0.15, 0.2) is 0 Å². The van der Waals surface area contributed by atoms with Crippen molar-refractivity contribution in [3.05, 3.63) is 54.2 Å². The van der Waals surface area contributed by atoms with Crippen LogP contribution in [0.4, 0.5) is 24.7 Å². The third kappa shape index (κ3) is 2.75. The molecule has 0 saturated carbocycles. The van der Waals surface area contributed by atoms with Gasteiger partial charge in [0.25, 0.3) is 0 Å². The minimum Gasteiger partial charge on any atom is -0.340 e. The zero-order valence-corrected chi connectivity index (χ0v) is 8.62. The molecule has 0 fully saturated rings. The van der Waals surface area contributed by atoms with E-state index in [-0.39, 0.29) is 5.82 Å². The lowest BCUT2D eigenvalue weighted by Gasteiger charge is -2.12. The molecule has 1 N–H and O–H groups in total. The van der Waals surface area contributed by atoms with Crippen LogP contribution in [0.25, 0.3) is 0 Å². The van der Waals surface area contributed by atoms with E-state index in [0.29, 0.717) is 5.69 Å². The van der Waals surface area contributed by atoms with Crippen LogP contribution in [0.5, 0.6) is 0 Å². The Morgan fingerprint density at radius 1 is 1.12 bits per heavy atom. The Balaban J connectivity index is 2.34. The summed E-state index contributed by atoms with van der Waals surface area (Å²) in [6.45, 7) is 0. The quantitative estimate of drug-likeness (QED) is 0.862. The number of halogens is 3. The normalized spacial score (nSPS) is 11.2. The number of aromatic nitrogens is 1. The van der Waals surface area contributed by atoms with Crippen molar-refractivity contribution in [1.82, 2.24) is 4.98 Å². The van der Waals surface area contributed by atoms with Gasteiger partial charge in [-0.1, -0.05) is 12.1 Å². The molecule has 1 radical (unpaired) electrons. The number of hydrogen-bond acceptors (Lipinski definition) is 2. The average Bonchev–Trinajstić information content (AvgIpc) is 2.30. The molecule has 2 rings (SSSR count). The highest BCUT2D eigenvalue weighted by molar-refractivity contribution is 5.59. The molecule has 2 nitrogen and oxygen atoms in total. The number of benzene rings is 1. The van der Waals surface area contributed by atoms with E-state index < -0.39 is 11.7 Å². The number of rotatable bonds is 2. The second kappa shape index (κ2) is 4.45. The van der Waals surface area contributed by atoms with Crippen LogP contribution in [-0.4, -0.2) is 4.98 Å². The molecule has 2 aromatic rings. The Labute approximate surface area is 96.1 Å². The monoisotopic (exact) mass is 237 g/mol. The Morgan fingerprint density at radius 3 is 2.47 bits per heavy atom. The van der Waals surface area contributed by atoms with Gasteiger partial charge in [0, 0.05) is 11.9 Å². The fourth-order valence-electron chi connectivity index (χ4n) is 1.34. The summed E-state index contributed by atoms with van der Waals surface area (Å²) in [5.74, 6) is -0.203. The predicted octanol–water partition coefficient (Wildman–Crippen LogP) is 3.64. The fraction of sp³-hybridized carbons (Fsp3) is 0.0833. The Hall–Kier alpha value is -2.04. The van der Waals surface area contributed by atoms with Crippen LogP contribution in [-0.2, 0) is 6.18 Å². The van der Waals surface area contributed by atoms with Gasteiger partial charge in [0.1, 0.15) is 5.82 Å². The maximum Gasteiger partial charge on any atom is 0.419 e. The van der Waals surface area contributed by atoms with E-state index in [2.05, 4.69) is 16.4 Å². The summed E-state index contributed by atoms with van der Waals surface area (Å²) in [5, 5.41) is 2.63. The van der Waals surface area contributed by atoms with Crippen molar-refractivity contribution in [2.24, 2.45) is 0 Å². The Kier molecular flexibility index (Phi) is 2.99. The van der Waals surface area contributed by atoms with Gasteiger partial charge < -0.3 is 5.32 Å². The topological polar surface area (TPSA) is 24.9 Å². The molecule has 0 amide bonds. The highest BCUT2D eigenvalue weighted by atomic mass is 19.4. The zero-order valence-electron chi connectivity index (χ0n) is 8.62. The summed E-state index contributed by atoms with van der Waals surface area (Å²) in [4.78, 5) is 3.70. The SMILES string of the molecule is FC(F)(F)c1cccnc1Nc1cc[c]cc1. The van der Waals surface area contributed by atoms with Gasteiger partial charge in [0.2, 0.25) is 0 Å². The Morgan fingerprint density at radius 2 is 1.82 bits per heavy atom. The molecule has 1 heterocycles. The van der Waals surface area contributed by atoms with Crippen molar-refractivity contribution >= 4 is 11.5 Å². The van der Waals surface area contributed by atoms with Crippen LogP contribution in [0, 0.1) is 6.07 Å². The largest absolute Gasteiger partial charge is 0.419 e. The summed E-state index contributed by atoms with van der Waals surface area (Å²) >= 11 is 0. The molecule has 0 bridgehead atoms. The first kappa shape index (κ1) is 11.4. The summed E-state index contributed by atoms with van der Waals surface area (Å²) in [6.07, 6.45) is -3.11. The van der Waals surface area contributed by atoms with E-state index in [1.807, 2.05) is 0 Å². The molecular formula is C12H8F3N2. The molecule has 0 atom stereocenters. The fourth-order valence-corrected chi connectivity index (χ4v) is 1.34. The van der Waals surface area contributed by atoms with Gasteiger partial charge in [0.05, 0.1) is 5.56 Å². The maximum atomic E-state index is 12.7. The lowest BCUT2D eigenvalue weighted by molar-refractivity contribution is -0.137. The second-order valence-corrected chi connectivity index (χ2v) is 3.31. The zero-order chi connectivity index (χ0) is 12.3. The minimum absolute atomic E-state index is 0.203. The second-order valence-electron chi connectivity index (χ2n) is 3.31. The van der Waals surface area contributed by atoms with Gasteiger partial charge in [-0.05, 0) is 30.3 Å². The smallest absolute Gasteiger partial charge is 0.340 e. The van der Waals surface area contributed by atoms with Crippen molar-refractivity contribution < 1.29 is 13.2 Å². The predicted molar refractivity (Wildman–Crippen MR) is 57.8 cm³/mol. The van der Waals surface area contributed by atoms with Gasteiger partial charge in [-0.25, -0.2) is 4.98 Å². The number of hydrogen-bond donors (Lipinski definition) is 1. The molecule has 87 valence electrons. The van der Waals surface area contributed by atoms with Gasteiger partial charge in [-0.2, -0.15) is 13.2 Å². The van der Waals surface area contributed by atoms with Gasteiger partial charge in [-0.3, -0.25) is 0 Å². The molecule has 17 heavy (non-hydrogen) atoms. The summed E-state index contributed by atoms with van der Waals surface area (Å²) in [5.41, 5.74) is -0.249. The van der Waals surface area contributed by atoms with Crippen LogP contribution in [0.1, 0.15) is 5.56 Å². The molecule has 1 aromatic carbocycles. The number of pyridine rings is 1. The molecule has 1 aromatic heterocycles. The first-order chi connectivity index (χ1) is 8.07. The molecule has 0 unspecified atom stereocenters. The summed E-state index contributed by atoms with van der Waals surface area (Å²) in [6, 6.07) is 11.5. The van der Waals surface area contributed by atoms with Crippen molar-refractivity contribution in [3.8, 4) is 0 Å². The lowest BCUT2D eigenvalue weighted by Crippen LogP contribution is -2.09. The number of anilines is 2. The van der Waals surface area contributed by atoms with E-state index in [0.717, 1.165) is 6.07 Å². The molecule has 0 saturated heterocycles. The summed E-state index contributed by atoms with van der Waals surface area (Å²) in [7, 11) is 0. The number of nitrogens with zero attached hydrogens (tertiary/aromatic N) is 1. The van der Waals surface area contributed by atoms with E-state index in [1.165, 1.54) is 12.3 Å². The lowest BCUT2D eigenvalue weighted by atomic mass is 10.2. The third-order valence-electron chi connectivity index (χ3n) is 2.09. The van der Waals surface area contributed by atoms with Crippen molar-refractivity contribution in [1.29, 1.82) is 0 Å². The minimum atomic E-state index is -4.42. The van der Waals surface area contributed by atoms with E-state index in [9.17, 15) is 13.2 Å². The van der Waals surface area contributed by atoms with Crippen LogP contribution in [0.15, 0.2) is 42.6 Å². The molecule has 5 heteroatoms. The van der Waals surface area contributed by atoms with Crippen molar-refractivity contribution in [3.63, 3.8) is 0 Å². The standard InChI is InChI=1S/C12H8F3N2/c13-12(14,15)10-7-4-8-16-11(10)17-9-5-2-1-3-6-9/h2-8H,(H,16,17).